The molecule has 0 atom stereocenters. The maximum Gasteiger partial charge on any atom is 0.216 e. The summed E-state index contributed by atoms with van der Waals surface area (Å²) in [5, 5.41) is 0. The molecule has 0 saturated carbocycles. The first-order chi connectivity index (χ1) is 2.77. The molecule has 1 nitrogen and oxygen atoms in total. The summed E-state index contributed by atoms with van der Waals surface area (Å²) in [7, 11) is 0. The van der Waals surface area contributed by atoms with Crippen LogP contribution in [0.1, 0.15) is 6.92 Å². The van der Waals surface area contributed by atoms with Crippen LogP contribution in [0.4, 0.5) is 0 Å². The number of ether oxygens (including phenoxy) is 1. The van der Waals surface area contributed by atoms with Crippen LogP contribution >= 0.6 is 24.8 Å². The van der Waals surface area contributed by atoms with E-state index in [-0.39, 0.29) is 20.4 Å². The fourth-order valence-electron chi connectivity index (χ4n) is 0.123. The van der Waals surface area contributed by atoms with Gasteiger partial charge in [0.15, 0.2) is 0 Å². The molecule has 0 aromatic carbocycles. The van der Waals surface area contributed by atoms with Crippen molar-refractivity contribution >= 4 is 29.2 Å². The van der Waals surface area contributed by atoms with Gasteiger partial charge in [-0.1, -0.05) is 12.6 Å². The molecule has 46 valence electrons. The van der Waals surface area contributed by atoms with Gasteiger partial charge in [0, 0.05) is 20.4 Å². The van der Waals surface area contributed by atoms with E-state index < -0.39 is 0 Å². The molecule has 0 amide bonds. The second-order valence-corrected chi connectivity index (χ2v) is 1.78. The van der Waals surface area contributed by atoms with Crippen LogP contribution < -0.4 is 0 Å². The van der Waals surface area contributed by atoms with Gasteiger partial charge in [-0.15, -0.1) is 0 Å². The Morgan fingerprint density at radius 3 is 2.29 bits per heavy atom. The standard InChI is InChI=1S/C3H6OS2.Pd/c1-2-4-3(5)6;/h2H2,1H3,(H,5,6);. The zero-order valence-electron chi connectivity index (χ0n) is 3.79. The van der Waals surface area contributed by atoms with E-state index in [1.165, 1.54) is 0 Å². The van der Waals surface area contributed by atoms with E-state index in [0.29, 0.717) is 11.0 Å². The van der Waals surface area contributed by atoms with Crippen LogP contribution in [0.25, 0.3) is 0 Å². The molecule has 0 heterocycles. The zero-order chi connectivity index (χ0) is 4.99. The molecule has 0 aliphatic heterocycles. The van der Waals surface area contributed by atoms with Crippen LogP contribution in [-0.2, 0) is 25.2 Å². The first-order valence-electron chi connectivity index (χ1n) is 1.63. The number of thiol groups is 1. The molecule has 0 aliphatic carbocycles. The summed E-state index contributed by atoms with van der Waals surface area (Å²) in [5.74, 6) is 0. The molecular formula is C3H6OPdS2. The first-order valence-corrected chi connectivity index (χ1v) is 2.48. The van der Waals surface area contributed by atoms with Crippen LogP contribution in [0.3, 0.4) is 0 Å². The van der Waals surface area contributed by atoms with E-state index in [1.54, 1.807) is 0 Å². The molecule has 0 rings (SSSR count). The Morgan fingerprint density at radius 1 is 1.86 bits per heavy atom. The largest absolute Gasteiger partial charge is 0.479 e. The first kappa shape index (κ1) is 10.8. The second kappa shape index (κ2) is 6.90. The van der Waals surface area contributed by atoms with Gasteiger partial charge in [-0.05, 0) is 19.1 Å². The van der Waals surface area contributed by atoms with Gasteiger partial charge in [0.2, 0.25) is 4.38 Å². The Labute approximate surface area is 67.9 Å². The molecule has 7 heavy (non-hydrogen) atoms. The van der Waals surface area contributed by atoms with Crippen LogP contribution in [0.5, 0.6) is 0 Å². The Morgan fingerprint density at radius 2 is 2.29 bits per heavy atom. The minimum Gasteiger partial charge on any atom is -0.479 e. The predicted molar refractivity (Wildman–Crippen MR) is 33.2 cm³/mol. The van der Waals surface area contributed by atoms with Gasteiger partial charge in [-0.3, -0.25) is 0 Å². The number of rotatable bonds is 1. The smallest absolute Gasteiger partial charge is 0.216 e. The fourth-order valence-corrected chi connectivity index (χ4v) is 0.370. The van der Waals surface area contributed by atoms with Crippen molar-refractivity contribution in [2.45, 2.75) is 6.92 Å². The minimum atomic E-state index is 0. The van der Waals surface area contributed by atoms with Gasteiger partial charge in [0.05, 0.1) is 6.61 Å². The third-order valence-corrected chi connectivity index (χ3v) is 0.515. The third-order valence-electron chi connectivity index (χ3n) is 0.268. The molecule has 0 spiro atoms. The van der Waals surface area contributed by atoms with E-state index >= 15 is 0 Å². The molecule has 0 saturated heterocycles. The Hall–Kier alpha value is 0.902. The average Bonchev–Trinajstić information content (AvgIpc) is 1.35. The summed E-state index contributed by atoms with van der Waals surface area (Å²) in [6.07, 6.45) is 0. The number of hydrogen-bond acceptors (Lipinski definition) is 2. The predicted octanol–water partition coefficient (Wildman–Crippen LogP) is 1.24. The van der Waals surface area contributed by atoms with Gasteiger partial charge in [0.25, 0.3) is 0 Å². The van der Waals surface area contributed by atoms with Crippen LogP contribution in [0, 0.1) is 0 Å². The van der Waals surface area contributed by atoms with Crippen LogP contribution in [-0.4, -0.2) is 11.0 Å². The Kier molecular flexibility index (Phi) is 10.7. The van der Waals surface area contributed by atoms with Crippen molar-refractivity contribution in [2.75, 3.05) is 6.61 Å². The summed E-state index contributed by atoms with van der Waals surface area (Å²) in [4.78, 5) is 0. The Bertz CT molecular complexity index is 56.9. The summed E-state index contributed by atoms with van der Waals surface area (Å²) in [6.45, 7) is 2.48. The van der Waals surface area contributed by atoms with Gasteiger partial charge in [-0.25, -0.2) is 0 Å². The normalized spacial score (nSPS) is 6.57. The molecule has 0 fully saturated rings. The number of hydrogen-bond donors (Lipinski definition) is 1. The molecule has 0 bridgehead atoms. The molecule has 0 unspecified atom stereocenters. The van der Waals surface area contributed by atoms with Gasteiger partial charge in [0.1, 0.15) is 0 Å². The molecular weight excluding hydrogens is 223 g/mol. The van der Waals surface area contributed by atoms with E-state index in [1.807, 2.05) is 6.92 Å². The van der Waals surface area contributed by atoms with Crippen LogP contribution in [0.15, 0.2) is 0 Å². The van der Waals surface area contributed by atoms with E-state index in [9.17, 15) is 0 Å². The van der Waals surface area contributed by atoms with Crippen molar-refractivity contribution < 1.29 is 25.2 Å². The monoisotopic (exact) mass is 228 g/mol. The molecule has 0 N–H and O–H groups in total. The summed E-state index contributed by atoms with van der Waals surface area (Å²) in [5.41, 5.74) is 0. The minimum absolute atomic E-state index is 0. The van der Waals surface area contributed by atoms with Crippen molar-refractivity contribution in [1.82, 2.24) is 0 Å². The topological polar surface area (TPSA) is 9.23 Å². The molecule has 0 aromatic heterocycles. The molecule has 0 aliphatic rings. The van der Waals surface area contributed by atoms with Crippen molar-refractivity contribution in [3.63, 3.8) is 0 Å². The van der Waals surface area contributed by atoms with Gasteiger partial charge >= 0.3 is 0 Å². The Balaban J connectivity index is 0. The van der Waals surface area contributed by atoms with Crippen molar-refractivity contribution in [2.24, 2.45) is 0 Å². The SMILES string of the molecule is CCOC(=S)S.[Pd]. The van der Waals surface area contributed by atoms with Crippen LogP contribution in [0.2, 0.25) is 0 Å². The fraction of sp³-hybridized carbons (Fsp3) is 0.667. The molecule has 0 aromatic rings. The maximum atomic E-state index is 4.64. The van der Waals surface area contributed by atoms with E-state index in [4.69, 9.17) is 0 Å². The molecule has 0 radical (unpaired) electrons. The summed E-state index contributed by atoms with van der Waals surface area (Å²) >= 11 is 8.12. The summed E-state index contributed by atoms with van der Waals surface area (Å²) < 4.78 is 4.95. The zero-order valence-corrected chi connectivity index (χ0v) is 7.05. The van der Waals surface area contributed by atoms with Gasteiger partial charge in [-0.2, -0.15) is 0 Å². The third kappa shape index (κ3) is 10.9. The molecule has 4 heteroatoms. The average molecular weight is 229 g/mol. The quantitative estimate of drug-likeness (QED) is 0.411. The summed E-state index contributed by atoms with van der Waals surface area (Å²) in [6, 6.07) is 0. The second-order valence-electron chi connectivity index (χ2n) is 0.699. The van der Waals surface area contributed by atoms with Gasteiger partial charge < -0.3 is 4.74 Å². The van der Waals surface area contributed by atoms with E-state index in [0.717, 1.165) is 0 Å². The van der Waals surface area contributed by atoms with E-state index in [2.05, 4.69) is 29.6 Å². The van der Waals surface area contributed by atoms with Crippen molar-refractivity contribution in [1.29, 1.82) is 0 Å². The van der Waals surface area contributed by atoms with Crippen molar-refractivity contribution in [3.05, 3.63) is 0 Å². The van der Waals surface area contributed by atoms with Crippen molar-refractivity contribution in [3.8, 4) is 0 Å². The maximum absolute atomic E-state index is 4.64. The number of thiocarbonyl (C=S) groups is 1.